The van der Waals surface area contributed by atoms with Crippen molar-refractivity contribution in [3.8, 4) is 0 Å². The fraction of sp³-hybridized carbons (Fsp3) is 0.400. The predicted octanol–water partition coefficient (Wildman–Crippen LogP) is 1.83. The highest BCUT2D eigenvalue weighted by Gasteiger charge is 2.11. The number of aryl methyl sites for hydroxylation is 1. The average Bonchev–Trinajstić information content (AvgIpc) is 2.22. The number of hydrogen-bond donors (Lipinski definition) is 2. The number of carbonyl (C=O) groups excluding carboxylic acids is 1. The molecule has 0 aliphatic rings. The zero-order valence-corrected chi connectivity index (χ0v) is 10.3. The zero-order chi connectivity index (χ0) is 11.4. The number of hydrogen-bond acceptors (Lipinski definition) is 3. The normalized spacial score (nSPS) is 12.3. The molecule has 3 N–H and O–H groups in total. The standard InChI is InChI=1S/C10H14BrN3O/c1-3-8(12)10(15)14-9-4-6(2)7(11)5-13-9/h4-5,8H,3,12H2,1-2H3,(H,13,14,15). The molecule has 1 atom stereocenters. The molecule has 5 heteroatoms. The van der Waals surface area contributed by atoms with Crippen LogP contribution < -0.4 is 11.1 Å². The molecule has 0 saturated heterocycles. The summed E-state index contributed by atoms with van der Waals surface area (Å²) in [6.45, 7) is 3.80. The van der Waals surface area contributed by atoms with E-state index in [2.05, 4.69) is 26.2 Å². The Kier molecular flexibility index (Phi) is 4.23. The van der Waals surface area contributed by atoms with Crippen molar-refractivity contribution >= 4 is 27.7 Å². The maximum atomic E-state index is 11.5. The van der Waals surface area contributed by atoms with Crippen molar-refractivity contribution in [2.75, 3.05) is 5.32 Å². The highest BCUT2D eigenvalue weighted by molar-refractivity contribution is 9.10. The summed E-state index contributed by atoms with van der Waals surface area (Å²) in [5, 5.41) is 2.66. The minimum absolute atomic E-state index is 0.202. The van der Waals surface area contributed by atoms with Crippen LogP contribution in [0.2, 0.25) is 0 Å². The first-order valence-electron chi connectivity index (χ1n) is 4.73. The van der Waals surface area contributed by atoms with Gasteiger partial charge in [-0.1, -0.05) is 6.92 Å². The van der Waals surface area contributed by atoms with Gasteiger partial charge in [0.05, 0.1) is 6.04 Å². The van der Waals surface area contributed by atoms with Gasteiger partial charge in [-0.3, -0.25) is 4.79 Å². The lowest BCUT2D eigenvalue weighted by Crippen LogP contribution is -2.35. The number of aromatic nitrogens is 1. The molecule has 0 aliphatic carbocycles. The maximum Gasteiger partial charge on any atom is 0.242 e. The lowest BCUT2D eigenvalue weighted by Gasteiger charge is -2.09. The Morgan fingerprint density at radius 1 is 1.73 bits per heavy atom. The predicted molar refractivity (Wildman–Crippen MR) is 63.6 cm³/mol. The molecule has 1 aromatic heterocycles. The van der Waals surface area contributed by atoms with Gasteiger partial charge in [-0.15, -0.1) is 0 Å². The second-order valence-corrected chi connectivity index (χ2v) is 4.18. The van der Waals surface area contributed by atoms with Gasteiger partial charge in [0.25, 0.3) is 0 Å². The number of nitrogens with zero attached hydrogens (tertiary/aromatic N) is 1. The minimum atomic E-state index is -0.476. The molecule has 1 heterocycles. The number of nitrogens with two attached hydrogens (primary N) is 1. The molecule has 0 fully saturated rings. The number of nitrogens with one attached hydrogen (secondary N) is 1. The SMILES string of the molecule is CCC(N)C(=O)Nc1cc(C)c(Br)cn1. The molecular weight excluding hydrogens is 258 g/mol. The largest absolute Gasteiger partial charge is 0.320 e. The average molecular weight is 272 g/mol. The van der Waals surface area contributed by atoms with Crippen molar-refractivity contribution in [3.63, 3.8) is 0 Å². The summed E-state index contributed by atoms with van der Waals surface area (Å²) < 4.78 is 0.917. The number of pyridine rings is 1. The van der Waals surface area contributed by atoms with Crippen LogP contribution in [0.1, 0.15) is 18.9 Å². The van der Waals surface area contributed by atoms with Gasteiger partial charge in [-0.2, -0.15) is 0 Å². The Bertz CT molecular complexity index is 368. The van der Waals surface area contributed by atoms with E-state index in [-0.39, 0.29) is 5.91 Å². The van der Waals surface area contributed by atoms with Crippen LogP contribution in [0.15, 0.2) is 16.7 Å². The molecule has 1 rings (SSSR count). The van der Waals surface area contributed by atoms with Gasteiger partial charge in [0.1, 0.15) is 5.82 Å². The van der Waals surface area contributed by atoms with Crippen molar-refractivity contribution in [3.05, 3.63) is 22.3 Å². The maximum absolute atomic E-state index is 11.5. The molecule has 0 spiro atoms. The van der Waals surface area contributed by atoms with Crippen molar-refractivity contribution in [1.29, 1.82) is 0 Å². The lowest BCUT2D eigenvalue weighted by atomic mass is 10.2. The fourth-order valence-corrected chi connectivity index (χ4v) is 1.23. The van der Waals surface area contributed by atoms with E-state index in [9.17, 15) is 4.79 Å². The van der Waals surface area contributed by atoms with Gasteiger partial charge in [0.15, 0.2) is 0 Å². The van der Waals surface area contributed by atoms with E-state index in [1.165, 1.54) is 0 Å². The Hall–Kier alpha value is -0.940. The lowest BCUT2D eigenvalue weighted by molar-refractivity contribution is -0.117. The molecule has 1 unspecified atom stereocenters. The highest BCUT2D eigenvalue weighted by atomic mass is 79.9. The molecule has 0 aromatic carbocycles. The van der Waals surface area contributed by atoms with Crippen LogP contribution in [0.5, 0.6) is 0 Å². The smallest absolute Gasteiger partial charge is 0.242 e. The Morgan fingerprint density at radius 2 is 2.40 bits per heavy atom. The Balaban J connectivity index is 2.73. The second-order valence-electron chi connectivity index (χ2n) is 3.32. The Morgan fingerprint density at radius 3 is 2.93 bits per heavy atom. The Labute approximate surface area is 97.4 Å². The molecule has 82 valence electrons. The van der Waals surface area contributed by atoms with Crippen LogP contribution in [0.3, 0.4) is 0 Å². The monoisotopic (exact) mass is 271 g/mol. The third kappa shape index (κ3) is 3.28. The second kappa shape index (κ2) is 5.23. The van der Waals surface area contributed by atoms with E-state index in [0.717, 1.165) is 10.0 Å². The van der Waals surface area contributed by atoms with Gasteiger partial charge in [-0.25, -0.2) is 4.98 Å². The molecule has 4 nitrogen and oxygen atoms in total. The summed E-state index contributed by atoms with van der Waals surface area (Å²) in [5.41, 5.74) is 6.60. The number of carbonyl (C=O) groups is 1. The highest BCUT2D eigenvalue weighted by Crippen LogP contribution is 2.17. The van der Waals surface area contributed by atoms with Crippen LogP contribution in [-0.4, -0.2) is 16.9 Å². The molecule has 0 bridgehead atoms. The van der Waals surface area contributed by atoms with E-state index in [1.54, 1.807) is 12.3 Å². The van der Waals surface area contributed by atoms with Crippen molar-refractivity contribution in [2.24, 2.45) is 5.73 Å². The fourth-order valence-electron chi connectivity index (χ4n) is 1.01. The van der Waals surface area contributed by atoms with E-state index in [0.29, 0.717) is 12.2 Å². The molecule has 1 aromatic rings. The number of rotatable bonds is 3. The molecule has 0 radical (unpaired) electrons. The van der Waals surface area contributed by atoms with E-state index in [4.69, 9.17) is 5.73 Å². The quantitative estimate of drug-likeness (QED) is 0.882. The van der Waals surface area contributed by atoms with Crippen molar-refractivity contribution in [1.82, 2.24) is 4.98 Å². The summed E-state index contributed by atoms with van der Waals surface area (Å²) in [7, 11) is 0. The van der Waals surface area contributed by atoms with E-state index in [1.807, 2.05) is 13.8 Å². The molecule has 0 saturated carbocycles. The van der Waals surface area contributed by atoms with E-state index < -0.39 is 6.04 Å². The third-order valence-corrected chi connectivity index (χ3v) is 2.90. The van der Waals surface area contributed by atoms with Crippen LogP contribution in [0.4, 0.5) is 5.82 Å². The van der Waals surface area contributed by atoms with E-state index >= 15 is 0 Å². The summed E-state index contributed by atoms with van der Waals surface area (Å²) >= 11 is 3.34. The number of anilines is 1. The minimum Gasteiger partial charge on any atom is -0.320 e. The number of halogens is 1. The third-order valence-electron chi connectivity index (χ3n) is 2.07. The topological polar surface area (TPSA) is 68.0 Å². The van der Waals surface area contributed by atoms with Gasteiger partial charge >= 0.3 is 0 Å². The van der Waals surface area contributed by atoms with Gasteiger partial charge in [0, 0.05) is 10.7 Å². The van der Waals surface area contributed by atoms with Crippen LogP contribution >= 0.6 is 15.9 Å². The first-order chi connectivity index (χ1) is 7.04. The summed E-state index contributed by atoms with van der Waals surface area (Å²) in [6.07, 6.45) is 2.27. The first kappa shape index (κ1) is 12.1. The summed E-state index contributed by atoms with van der Waals surface area (Å²) in [4.78, 5) is 15.5. The zero-order valence-electron chi connectivity index (χ0n) is 8.75. The van der Waals surface area contributed by atoms with Crippen LogP contribution in [0.25, 0.3) is 0 Å². The van der Waals surface area contributed by atoms with Gasteiger partial charge < -0.3 is 11.1 Å². The molecular formula is C10H14BrN3O. The molecule has 1 amide bonds. The molecule has 15 heavy (non-hydrogen) atoms. The summed E-state index contributed by atoms with van der Waals surface area (Å²) in [5.74, 6) is 0.330. The number of amides is 1. The van der Waals surface area contributed by atoms with Crippen molar-refractivity contribution in [2.45, 2.75) is 26.3 Å². The van der Waals surface area contributed by atoms with Gasteiger partial charge in [0.2, 0.25) is 5.91 Å². The van der Waals surface area contributed by atoms with Crippen LogP contribution in [0, 0.1) is 6.92 Å². The van der Waals surface area contributed by atoms with Crippen LogP contribution in [-0.2, 0) is 4.79 Å². The van der Waals surface area contributed by atoms with Gasteiger partial charge in [-0.05, 0) is 40.9 Å². The summed E-state index contributed by atoms with van der Waals surface area (Å²) in [6, 6.07) is 1.32. The molecule has 0 aliphatic heterocycles. The van der Waals surface area contributed by atoms with Crippen molar-refractivity contribution < 1.29 is 4.79 Å². The first-order valence-corrected chi connectivity index (χ1v) is 5.52.